The highest BCUT2D eigenvalue weighted by atomic mass is 79.9. The van der Waals surface area contributed by atoms with Crippen molar-refractivity contribution in [1.29, 1.82) is 0 Å². The molecular weight excluding hydrogens is 394 g/mol. The van der Waals surface area contributed by atoms with Crippen LogP contribution < -0.4 is 15.0 Å². The van der Waals surface area contributed by atoms with Crippen molar-refractivity contribution in [3.63, 3.8) is 0 Å². The standard InChI is InChI=1S/C20H18BrN3O2/c1-24-17-6-3-11(21)9-15(17)20(19(24)25)18-13(7-8-22-20)14-10-12(26-2)4-5-16(14)23-18/h3-6,9-10,22-23H,7-8H2,1-2H3/t20-/m1/s1. The number of amides is 1. The van der Waals surface area contributed by atoms with Crippen LogP contribution in [0.3, 0.4) is 0 Å². The molecule has 0 unspecified atom stereocenters. The molecule has 1 spiro atoms. The van der Waals surface area contributed by atoms with Crippen LogP contribution in [0.4, 0.5) is 5.69 Å². The third-order valence-electron chi connectivity index (χ3n) is 5.60. The fourth-order valence-electron chi connectivity index (χ4n) is 4.39. The van der Waals surface area contributed by atoms with Gasteiger partial charge in [0, 0.05) is 40.2 Å². The molecule has 1 amide bonds. The lowest BCUT2D eigenvalue weighted by molar-refractivity contribution is -0.122. The summed E-state index contributed by atoms with van der Waals surface area (Å²) in [6, 6.07) is 12.0. The minimum absolute atomic E-state index is 0.0464. The SMILES string of the molecule is COc1ccc2[nH]c3c(c2c1)CCN[C@@]31C(=O)N(C)c2ccc(Br)cc21. The van der Waals surface area contributed by atoms with E-state index in [-0.39, 0.29) is 5.91 Å². The number of nitrogens with one attached hydrogen (secondary N) is 2. The van der Waals surface area contributed by atoms with Gasteiger partial charge in [-0.2, -0.15) is 0 Å². The number of H-pyrrole nitrogens is 1. The Balaban J connectivity index is 1.84. The fraction of sp³-hybridized carbons (Fsp3) is 0.250. The summed E-state index contributed by atoms with van der Waals surface area (Å²) < 4.78 is 6.36. The zero-order chi connectivity index (χ0) is 18.1. The molecule has 0 radical (unpaired) electrons. The largest absolute Gasteiger partial charge is 0.497 e. The number of anilines is 1. The van der Waals surface area contributed by atoms with Crippen LogP contribution in [0.15, 0.2) is 40.9 Å². The number of carbonyl (C=O) groups is 1. The number of likely N-dealkylation sites (N-methyl/N-ethyl adjacent to an activating group) is 1. The smallest absolute Gasteiger partial charge is 0.257 e. The van der Waals surface area contributed by atoms with Gasteiger partial charge in [0.15, 0.2) is 5.54 Å². The predicted molar refractivity (Wildman–Crippen MR) is 105 cm³/mol. The summed E-state index contributed by atoms with van der Waals surface area (Å²) in [4.78, 5) is 18.7. The van der Waals surface area contributed by atoms with Gasteiger partial charge in [0.25, 0.3) is 5.91 Å². The van der Waals surface area contributed by atoms with Crippen LogP contribution in [0.1, 0.15) is 16.8 Å². The van der Waals surface area contributed by atoms with Crippen molar-refractivity contribution in [3.8, 4) is 5.75 Å². The first-order valence-corrected chi connectivity index (χ1v) is 9.38. The van der Waals surface area contributed by atoms with Gasteiger partial charge in [-0.15, -0.1) is 0 Å². The number of hydrogen-bond acceptors (Lipinski definition) is 3. The van der Waals surface area contributed by atoms with E-state index in [1.807, 2.05) is 37.4 Å². The summed E-state index contributed by atoms with van der Waals surface area (Å²) in [6.07, 6.45) is 0.866. The van der Waals surface area contributed by atoms with Crippen molar-refractivity contribution in [3.05, 3.63) is 57.7 Å². The Bertz CT molecular complexity index is 1070. The molecule has 2 aliphatic heterocycles. The maximum absolute atomic E-state index is 13.4. The van der Waals surface area contributed by atoms with Gasteiger partial charge in [0.1, 0.15) is 5.75 Å². The number of aromatic nitrogens is 1. The molecule has 3 heterocycles. The normalized spacial score (nSPS) is 21.3. The highest BCUT2D eigenvalue weighted by Gasteiger charge is 2.54. The number of ether oxygens (including phenoxy) is 1. The lowest BCUT2D eigenvalue weighted by atomic mass is 9.82. The Morgan fingerprint density at radius 2 is 2.08 bits per heavy atom. The van der Waals surface area contributed by atoms with E-state index in [0.29, 0.717) is 0 Å². The van der Waals surface area contributed by atoms with Gasteiger partial charge in [-0.1, -0.05) is 15.9 Å². The van der Waals surface area contributed by atoms with Crippen LogP contribution in [-0.2, 0) is 16.8 Å². The fourth-order valence-corrected chi connectivity index (χ4v) is 4.75. The summed E-state index contributed by atoms with van der Waals surface area (Å²) >= 11 is 3.56. The molecule has 132 valence electrons. The van der Waals surface area contributed by atoms with Crippen molar-refractivity contribution in [2.24, 2.45) is 0 Å². The summed E-state index contributed by atoms with van der Waals surface area (Å²) in [6.45, 7) is 0.739. The molecule has 1 atom stereocenters. The Hall–Kier alpha value is -2.31. The molecule has 5 rings (SSSR count). The number of carbonyl (C=O) groups excluding carboxylic acids is 1. The Kier molecular flexibility index (Phi) is 3.27. The quantitative estimate of drug-likeness (QED) is 0.645. The van der Waals surface area contributed by atoms with Crippen molar-refractivity contribution >= 4 is 38.4 Å². The maximum atomic E-state index is 13.4. The Labute approximate surface area is 159 Å². The van der Waals surface area contributed by atoms with Gasteiger partial charge >= 0.3 is 0 Å². The molecule has 2 aromatic carbocycles. The second-order valence-corrected chi connectivity index (χ2v) is 7.76. The molecule has 0 bridgehead atoms. The minimum Gasteiger partial charge on any atom is -0.497 e. The summed E-state index contributed by atoms with van der Waals surface area (Å²) in [5.41, 5.74) is 4.22. The Morgan fingerprint density at radius 3 is 2.88 bits per heavy atom. The van der Waals surface area contributed by atoms with Gasteiger partial charge in [0.2, 0.25) is 0 Å². The molecule has 3 aromatic rings. The van der Waals surface area contributed by atoms with Gasteiger partial charge in [-0.3, -0.25) is 10.1 Å². The molecule has 6 heteroatoms. The number of aromatic amines is 1. The Morgan fingerprint density at radius 1 is 1.23 bits per heavy atom. The van der Waals surface area contributed by atoms with E-state index in [4.69, 9.17) is 4.74 Å². The number of hydrogen-bond donors (Lipinski definition) is 2. The number of rotatable bonds is 1. The zero-order valence-corrected chi connectivity index (χ0v) is 16.1. The molecule has 2 N–H and O–H groups in total. The van der Waals surface area contributed by atoms with Gasteiger partial charge in [-0.25, -0.2) is 0 Å². The van der Waals surface area contributed by atoms with E-state index in [2.05, 4.69) is 32.3 Å². The molecule has 0 aliphatic carbocycles. The summed E-state index contributed by atoms with van der Waals surface area (Å²) in [5, 5.41) is 4.65. The molecule has 1 aromatic heterocycles. The van der Waals surface area contributed by atoms with E-state index < -0.39 is 5.54 Å². The number of nitrogens with zero attached hydrogens (tertiary/aromatic N) is 1. The topological polar surface area (TPSA) is 57.4 Å². The molecule has 0 saturated heterocycles. The van der Waals surface area contributed by atoms with Crippen LogP contribution in [0.25, 0.3) is 10.9 Å². The lowest BCUT2D eigenvalue weighted by Gasteiger charge is -2.34. The molecule has 5 nitrogen and oxygen atoms in total. The van der Waals surface area contributed by atoms with E-state index in [1.165, 1.54) is 5.56 Å². The van der Waals surface area contributed by atoms with Gasteiger partial charge < -0.3 is 14.6 Å². The third-order valence-corrected chi connectivity index (χ3v) is 6.10. The third kappa shape index (κ3) is 1.86. The van der Waals surface area contributed by atoms with Crippen LogP contribution in [0.2, 0.25) is 0 Å². The predicted octanol–water partition coefficient (Wildman–Crippen LogP) is 3.30. The molecule has 0 fully saturated rings. The van der Waals surface area contributed by atoms with Crippen LogP contribution in [-0.4, -0.2) is 31.6 Å². The minimum atomic E-state index is -0.867. The summed E-state index contributed by atoms with van der Waals surface area (Å²) in [5.74, 6) is 0.870. The molecule has 2 aliphatic rings. The number of fused-ring (bicyclic) bond motifs is 6. The van der Waals surface area contributed by atoms with Crippen LogP contribution >= 0.6 is 15.9 Å². The van der Waals surface area contributed by atoms with Gasteiger partial charge in [0.05, 0.1) is 12.8 Å². The number of halogens is 1. The van der Waals surface area contributed by atoms with Crippen molar-refractivity contribution in [1.82, 2.24) is 10.3 Å². The molecular formula is C20H18BrN3O2. The first-order chi connectivity index (χ1) is 12.6. The maximum Gasteiger partial charge on any atom is 0.257 e. The summed E-state index contributed by atoms with van der Waals surface area (Å²) in [7, 11) is 3.51. The van der Waals surface area contributed by atoms with E-state index >= 15 is 0 Å². The average Bonchev–Trinajstić information content (AvgIpc) is 3.12. The van der Waals surface area contributed by atoms with Crippen LogP contribution in [0, 0.1) is 0 Å². The molecule has 0 saturated carbocycles. The zero-order valence-electron chi connectivity index (χ0n) is 14.5. The van der Waals surface area contributed by atoms with E-state index in [0.717, 1.165) is 51.0 Å². The second-order valence-electron chi connectivity index (χ2n) is 6.84. The van der Waals surface area contributed by atoms with E-state index in [9.17, 15) is 4.79 Å². The van der Waals surface area contributed by atoms with Gasteiger partial charge in [-0.05, 0) is 48.4 Å². The molecule has 26 heavy (non-hydrogen) atoms. The average molecular weight is 412 g/mol. The lowest BCUT2D eigenvalue weighted by Crippen LogP contribution is -2.54. The number of methoxy groups -OCH3 is 1. The highest BCUT2D eigenvalue weighted by molar-refractivity contribution is 9.10. The van der Waals surface area contributed by atoms with Crippen molar-refractivity contribution in [2.75, 3.05) is 25.6 Å². The van der Waals surface area contributed by atoms with Crippen molar-refractivity contribution in [2.45, 2.75) is 12.0 Å². The monoisotopic (exact) mass is 411 g/mol. The first-order valence-electron chi connectivity index (χ1n) is 8.58. The second kappa shape index (κ2) is 5.34. The van der Waals surface area contributed by atoms with E-state index in [1.54, 1.807) is 12.0 Å². The first kappa shape index (κ1) is 15.9. The number of benzene rings is 2. The van der Waals surface area contributed by atoms with Crippen molar-refractivity contribution < 1.29 is 9.53 Å². The van der Waals surface area contributed by atoms with Crippen LogP contribution in [0.5, 0.6) is 5.75 Å². The highest BCUT2D eigenvalue weighted by Crippen LogP contribution is 2.48.